The predicted octanol–water partition coefficient (Wildman–Crippen LogP) is 1.88. The summed E-state index contributed by atoms with van der Waals surface area (Å²) in [7, 11) is 1.37. The Morgan fingerprint density at radius 2 is 2.10 bits per heavy atom. The molecule has 0 spiro atoms. The highest BCUT2D eigenvalue weighted by Gasteiger charge is 2.33. The standard InChI is InChI=1S/C16H20N2O3/c1-11-9-18(10-15(21-11)16(19)20-3)12(2)14-6-4-13(8-17)5-7-14/h4-7,11-12,15H,9-10H2,1-3H3/t11-,12+,15+/m1/s1. The number of carbonyl (C=O) groups excluding carboxylic acids is 1. The summed E-state index contributed by atoms with van der Waals surface area (Å²) >= 11 is 0. The summed E-state index contributed by atoms with van der Waals surface area (Å²) in [5.74, 6) is -0.335. The van der Waals surface area contributed by atoms with Gasteiger partial charge in [0, 0.05) is 19.1 Å². The Balaban J connectivity index is 2.11. The highest BCUT2D eigenvalue weighted by molar-refractivity contribution is 5.75. The molecule has 0 amide bonds. The quantitative estimate of drug-likeness (QED) is 0.795. The minimum atomic E-state index is -0.542. The molecule has 0 unspecified atom stereocenters. The predicted molar refractivity (Wildman–Crippen MR) is 77.5 cm³/mol. The lowest BCUT2D eigenvalue weighted by atomic mass is 10.0. The first kappa shape index (κ1) is 15.5. The summed E-state index contributed by atoms with van der Waals surface area (Å²) in [4.78, 5) is 13.9. The van der Waals surface area contributed by atoms with Gasteiger partial charge in [-0.2, -0.15) is 5.26 Å². The summed E-state index contributed by atoms with van der Waals surface area (Å²) < 4.78 is 10.4. The molecule has 5 heteroatoms. The highest BCUT2D eigenvalue weighted by atomic mass is 16.6. The molecule has 5 nitrogen and oxygen atoms in total. The first-order valence-corrected chi connectivity index (χ1v) is 7.02. The smallest absolute Gasteiger partial charge is 0.336 e. The van der Waals surface area contributed by atoms with Crippen LogP contribution < -0.4 is 0 Å². The van der Waals surface area contributed by atoms with Gasteiger partial charge in [0.2, 0.25) is 0 Å². The van der Waals surface area contributed by atoms with E-state index < -0.39 is 6.10 Å². The minimum absolute atomic E-state index is 0.0244. The number of rotatable bonds is 3. The van der Waals surface area contributed by atoms with Crippen LogP contribution in [0.5, 0.6) is 0 Å². The van der Waals surface area contributed by atoms with Crippen molar-refractivity contribution in [1.29, 1.82) is 5.26 Å². The molecule has 0 saturated carbocycles. The number of nitriles is 1. The van der Waals surface area contributed by atoms with Crippen molar-refractivity contribution in [2.75, 3.05) is 20.2 Å². The van der Waals surface area contributed by atoms with Gasteiger partial charge in [0.15, 0.2) is 6.10 Å². The third-order valence-corrected chi connectivity index (χ3v) is 3.82. The van der Waals surface area contributed by atoms with E-state index in [0.29, 0.717) is 12.1 Å². The zero-order chi connectivity index (χ0) is 15.4. The fourth-order valence-electron chi connectivity index (χ4n) is 2.61. The lowest BCUT2D eigenvalue weighted by molar-refractivity contribution is -0.167. The van der Waals surface area contributed by atoms with E-state index in [1.54, 1.807) is 0 Å². The molecule has 0 N–H and O–H groups in total. The number of hydrogen-bond acceptors (Lipinski definition) is 5. The molecule has 0 bridgehead atoms. The number of ether oxygens (including phenoxy) is 2. The van der Waals surface area contributed by atoms with E-state index in [2.05, 4.69) is 17.9 Å². The molecule has 1 aliphatic rings. The Hall–Kier alpha value is -1.90. The van der Waals surface area contributed by atoms with Gasteiger partial charge in [0.25, 0.3) is 0 Å². The van der Waals surface area contributed by atoms with Gasteiger partial charge in [0.05, 0.1) is 24.8 Å². The van der Waals surface area contributed by atoms with Crippen LogP contribution in [0.2, 0.25) is 0 Å². The lowest BCUT2D eigenvalue weighted by Gasteiger charge is -2.39. The topological polar surface area (TPSA) is 62.6 Å². The fraction of sp³-hybridized carbons (Fsp3) is 0.500. The van der Waals surface area contributed by atoms with Gasteiger partial charge in [-0.15, -0.1) is 0 Å². The van der Waals surface area contributed by atoms with Crippen LogP contribution in [0.1, 0.15) is 31.0 Å². The van der Waals surface area contributed by atoms with Crippen LogP contribution in [0.25, 0.3) is 0 Å². The molecule has 0 aromatic heterocycles. The van der Waals surface area contributed by atoms with Gasteiger partial charge in [-0.25, -0.2) is 4.79 Å². The van der Waals surface area contributed by atoms with Crippen LogP contribution in [-0.2, 0) is 14.3 Å². The molecule has 1 saturated heterocycles. The molecule has 1 aromatic carbocycles. The Morgan fingerprint density at radius 1 is 1.43 bits per heavy atom. The molecular formula is C16H20N2O3. The Bertz CT molecular complexity index is 535. The van der Waals surface area contributed by atoms with Crippen molar-refractivity contribution in [3.63, 3.8) is 0 Å². The Labute approximate surface area is 125 Å². The average Bonchev–Trinajstić information content (AvgIpc) is 2.52. The molecule has 112 valence electrons. The van der Waals surface area contributed by atoms with Crippen LogP contribution in [0.4, 0.5) is 0 Å². The lowest BCUT2D eigenvalue weighted by Crippen LogP contribution is -2.50. The van der Waals surface area contributed by atoms with Crippen molar-refractivity contribution in [3.05, 3.63) is 35.4 Å². The average molecular weight is 288 g/mol. The summed E-state index contributed by atoms with van der Waals surface area (Å²) in [6.07, 6.45) is -0.566. The molecule has 3 atom stereocenters. The first-order valence-electron chi connectivity index (χ1n) is 7.02. The maximum Gasteiger partial charge on any atom is 0.336 e. The van der Waals surface area contributed by atoms with E-state index in [1.807, 2.05) is 31.2 Å². The number of nitrogens with zero attached hydrogens (tertiary/aromatic N) is 2. The van der Waals surface area contributed by atoms with Crippen LogP contribution in [0.15, 0.2) is 24.3 Å². The van der Waals surface area contributed by atoms with Crippen LogP contribution >= 0.6 is 0 Å². The SMILES string of the molecule is COC(=O)[C@@H]1CN([C@@H](C)c2ccc(C#N)cc2)C[C@@H](C)O1. The first-order chi connectivity index (χ1) is 10.0. The molecule has 1 aromatic rings. The maximum atomic E-state index is 11.7. The van der Waals surface area contributed by atoms with E-state index in [4.69, 9.17) is 14.7 Å². The number of benzene rings is 1. The molecular weight excluding hydrogens is 268 g/mol. The molecule has 1 aliphatic heterocycles. The Kier molecular flexibility index (Phi) is 4.94. The summed E-state index contributed by atoms with van der Waals surface area (Å²) in [5.41, 5.74) is 1.76. The molecule has 21 heavy (non-hydrogen) atoms. The monoisotopic (exact) mass is 288 g/mol. The summed E-state index contributed by atoms with van der Waals surface area (Å²) in [5, 5.41) is 8.85. The molecule has 0 radical (unpaired) electrons. The fourth-order valence-corrected chi connectivity index (χ4v) is 2.61. The Morgan fingerprint density at radius 3 is 2.67 bits per heavy atom. The van der Waals surface area contributed by atoms with E-state index in [1.165, 1.54) is 7.11 Å². The largest absolute Gasteiger partial charge is 0.467 e. The van der Waals surface area contributed by atoms with Gasteiger partial charge in [-0.3, -0.25) is 4.90 Å². The van der Waals surface area contributed by atoms with Gasteiger partial charge >= 0.3 is 5.97 Å². The molecule has 1 heterocycles. The van der Waals surface area contributed by atoms with E-state index in [-0.39, 0.29) is 18.1 Å². The van der Waals surface area contributed by atoms with Crippen molar-refractivity contribution < 1.29 is 14.3 Å². The summed E-state index contributed by atoms with van der Waals surface area (Å²) in [6, 6.07) is 9.80. The van der Waals surface area contributed by atoms with Gasteiger partial charge < -0.3 is 9.47 Å². The van der Waals surface area contributed by atoms with E-state index in [0.717, 1.165) is 12.1 Å². The zero-order valence-corrected chi connectivity index (χ0v) is 12.6. The second-order valence-corrected chi connectivity index (χ2v) is 5.32. The zero-order valence-electron chi connectivity index (χ0n) is 12.6. The molecule has 1 fully saturated rings. The van der Waals surface area contributed by atoms with Gasteiger partial charge in [-0.05, 0) is 31.5 Å². The number of methoxy groups -OCH3 is 1. The second kappa shape index (κ2) is 6.70. The van der Waals surface area contributed by atoms with E-state index >= 15 is 0 Å². The second-order valence-electron chi connectivity index (χ2n) is 5.32. The van der Waals surface area contributed by atoms with Crippen molar-refractivity contribution in [1.82, 2.24) is 4.90 Å². The van der Waals surface area contributed by atoms with Crippen LogP contribution in [0, 0.1) is 11.3 Å². The third-order valence-electron chi connectivity index (χ3n) is 3.82. The van der Waals surface area contributed by atoms with Gasteiger partial charge in [-0.1, -0.05) is 12.1 Å². The highest BCUT2D eigenvalue weighted by Crippen LogP contribution is 2.25. The van der Waals surface area contributed by atoms with Crippen molar-refractivity contribution in [3.8, 4) is 6.07 Å². The normalized spacial score (nSPS) is 24.1. The maximum absolute atomic E-state index is 11.7. The summed E-state index contributed by atoms with van der Waals surface area (Å²) in [6.45, 7) is 5.31. The number of morpholine rings is 1. The van der Waals surface area contributed by atoms with Crippen molar-refractivity contribution >= 4 is 5.97 Å². The van der Waals surface area contributed by atoms with Crippen molar-refractivity contribution in [2.45, 2.75) is 32.1 Å². The number of hydrogen-bond donors (Lipinski definition) is 0. The third kappa shape index (κ3) is 3.60. The van der Waals surface area contributed by atoms with Crippen LogP contribution in [0.3, 0.4) is 0 Å². The number of carbonyl (C=O) groups is 1. The number of esters is 1. The van der Waals surface area contributed by atoms with Crippen LogP contribution in [-0.4, -0.2) is 43.3 Å². The van der Waals surface area contributed by atoms with E-state index in [9.17, 15) is 4.79 Å². The van der Waals surface area contributed by atoms with Crippen molar-refractivity contribution in [2.24, 2.45) is 0 Å². The molecule has 0 aliphatic carbocycles. The minimum Gasteiger partial charge on any atom is -0.467 e. The molecule has 2 rings (SSSR count). The van der Waals surface area contributed by atoms with Gasteiger partial charge in [0.1, 0.15) is 0 Å².